The van der Waals surface area contributed by atoms with Gasteiger partial charge in [0.15, 0.2) is 17.4 Å². The molecule has 0 saturated heterocycles. The van der Waals surface area contributed by atoms with Crippen LogP contribution in [0.3, 0.4) is 0 Å². The van der Waals surface area contributed by atoms with E-state index in [2.05, 4.69) is 11.7 Å². The van der Waals surface area contributed by atoms with Crippen LogP contribution in [0.15, 0.2) is 12.1 Å². The largest absolute Gasteiger partial charge is 0.461 e. The molecular formula is C31H42F8O. The van der Waals surface area contributed by atoms with Gasteiger partial charge < -0.3 is 4.74 Å². The van der Waals surface area contributed by atoms with Gasteiger partial charge in [-0.1, -0.05) is 32.6 Å². The van der Waals surface area contributed by atoms with E-state index in [0.717, 1.165) is 17.8 Å². The molecule has 228 valence electrons. The van der Waals surface area contributed by atoms with E-state index in [1.54, 1.807) is 0 Å². The molecule has 4 rings (SSSR count). The Bertz CT molecular complexity index is 920. The van der Waals surface area contributed by atoms with Crippen molar-refractivity contribution in [1.82, 2.24) is 0 Å². The molecule has 0 bridgehead atoms. The molecule has 0 aromatic heterocycles. The van der Waals surface area contributed by atoms with E-state index in [1.165, 1.54) is 64.2 Å². The average Bonchev–Trinajstić information content (AvgIpc) is 2.91. The number of halogens is 8. The van der Waals surface area contributed by atoms with Crippen molar-refractivity contribution in [3.05, 3.63) is 29.3 Å². The first-order valence-electron chi connectivity index (χ1n) is 15.1. The Morgan fingerprint density at radius 2 is 1.15 bits per heavy atom. The molecule has 0 spiro atoms. The lowest BCUT2D eigenvalue weighted by Crippen LogP contribution is -2.36. The van der Waals surface area contributed by atoms with Crippen LogP contribution < -0.4 is 4.74 Å². The summed E-state index contributed by atoms with van der Waals surface area (Å²) in [7, 11) is 0. The zero-order valence-corrected chi connectivity index (χ0v) is 23.2. The summed E-state index contributed by atoms with van der Waals surface area (Å²) in [5.74, 6) is -5.78. The van der Waals surface area contributed by atoms with Crippen molar-refractivity contribution in [2.45, 2.75) is 122 Å². The summed E-state index contributed by atoms with van der Waals surface area (Å²) in [4.78, 5) is 0. The van der Waals surface area contributed by atoms with Crippen molar-refractivity contribution in [3.8, 4) is 5.75 Å². The Kier molecular flexibility index (Phi) is 10.3. The Hall–Kier alpha value is -1.54. The lowest BCUT2D eigenvalue weighted by Gasteiger charge is -2.42. The minimum absolute atomic E-state index is 0.325. The summed E-state index contributed by atoms with van der Waals surface area (Å²) in [5.41, 5.74) is -0.433. The highest BCUT2D eigenvalue weighted by Crippen LogP contribution is 2.48. The lowest BCUT2D eigenvalue weighted by atomic mass is 9.64. The van der Waals surface area contributed by atoms with Gasteiger partial charge in [0.1, 0.15) is 0 Å². The van der Waals surface area contributed by atoms with Crippen LogP contribution in [0.4, 0.5) is 35.1 Å². The second-order valence-electron chi connectivity index (χ2n) is 12.6. The molecule has 3 fully saturated rings. The Morgan fingerprint density at radius 3 is 1.57 bits per heavy atom. The third-order valence-corrected chi connectivity index (χ3v) is 10.1. The van der Waals surface area contributed by atoms with Crippen LogP contribution in [-0.4, -0.2) is 18.5 Å². The summed E-state index contributed by atoms with van der Waals surface area (Å²) < 4.78 is 113. The maximum absolute atomic E-state index is 15.1. The first kappa shape index (κ1) is 31.4. The molecule has 1 nitrogen and oxygen atoms in total. The molecule has 9 heteroatoms. The number of rotatable bonds is 10. The van der Waals surface area contributed by atoms with Crippen molar-refractivity contribution in [2.75, 3.05) is 0 Å². The van der Waals surface area contributed by atoms with Gasteiger partial charge in [-0.15, -0.1) is 0 Å². The van der Waals surface area contributed by atoms with Crippen molar-refractivity contribution in [3.63, 3.8) is 0 Å². The van der Waals surface area contributed by atoms with Crippen molar-refractivity contribution < 1.29 is 39.9 Å². The second-order valence-corrected chi connectivity index (χ2v) is 12.6. The fraction of sp³-hybridized carbons (Fsp3) is 0.806. The van der Waals surface area contributed by atoms with Gasteiger partial charge in [-0.3, -0.25) is 0 Å². The van der Waals surface area contributed by atoms with Crippen LogP contribution >= 0.6 is 0 Å². The number of hydrogen-bond acceptors (Lipinski definition) is 1. The molecule has 0 N–H and O–H groups in total. The predicted molar refractivity (Wildman–Crippen MR) is 138 cm³/mol. The SMILES string of the molecule is CCCC1CCC(C2CCC(C3CCC(C(F)(F)Cc4cc(F)c(OC(F)(F)C(F)F)c(F)c4)CC3)CC2)CC1. The van der Waals surface area contributed by atoms with E-state index in [-0.39, 0.29) is 0 Å². The first-order valence-corrected chi connectivity index (χ1v) is 15.1. The van der Waals surface area contributed by atoms with E-state index in [0.29, 0.717) is 49.7 Å². The highest BCUT2D eigenvalue weighted by molar-refractivity contribution is 5.32. The molecule has 0 atom stereocenters. The Labute approximate surface area is 232 Å². The summed E-state index contributed by atoms with van der Waals surface area (Å²) in [6.07, 6.45) is 4.54. The summed E-state index contributed by atoms with van der Waals surface area (Å²) >= 11 is 0. The third kappa shape index (κ3) is 7.64. The molecule has 3 aliphatic carbocycles. The number of alkyl halides is 6. The van der Waals surface area contributed by atoms with Crippen LogP contribution in [0.5, 0.6) is 5.75 Å². The smallest absolute Gasteiger partial charge is 0.422 e. The zero-order chi connectivity index (χ0) is 29.1. The van der Waals surface area contributed by atoms with Crippen molar-refractivity contribution in [1.29, 1.82) is 0 Å². The number of benzene rings is 1. The van der Waals surface area contributed by atoms with E-state index in [1.807, 2.05) is 0 Å². The van der Waals surface area contributed by atoms with Crippen LogP contribution in [-0.2, 0) is 6.42 Å². The fourth-order valence-electron chi connectivity index (χ4n) is 7.87. The average molecular weight is 583 g/mol. The molecule has 0 unspecified atom stereocenters. The molecule has 1 aromatic carbocycles. The van der Waals surface area contributed by atoms with Gasteiger partial charge in [-0.25, -0.2) is 17.6 Å². The molecular weight excluding hydrogens is 540 g/mol. The molecule has 0 radical (unpaired) electrons. The quantitative estimate of drug-likeness (QED) is 0.249. The van der Waals surface area contributed by atoms with Gasteiger partial charge in [0, 0.05) is 12.3 Å². The third-order valence-electron chi connectivity index (χ3n) is 10.1. The van der Waals surface area contributed by atoms with E-state index in [4.69, 9.17) is 0 Å². The van der Waals surface area contributed by atoms with Gasteiger partial charge in [0.05, 0.1) is 0 Å². The normalized spacial score (nSPS) is 30.4. The molecule has 0 aliphatic heterocycles. The summed E-state index contributed by atoms with van der Waals surface area (Å²) in [6, 6.07) is 0.905. The summed E-state index contributed by atoms with van der Waals surface area (Å²) in [6.45, 7) is 2.26. The zero-order valence-electron chi connectivity index (χ0n) is 23.2. The highest BCUT2D eigenvalue weighted by atomic mass is 19.3. The molecule has 0 amide bonds. The van der Waals surface area contributed by atoms with Crippen LogP contribution in [0, 0.1) is 47.1 Å². The molecule has 0 heterocycles. The van der Waals surface area contributed by atoms with Crippen LogP contribution in [0.1, 0.15) is 102 Å². The molecule has 40 heavy (non-hydrogen) atoms. The van der Waals surface area contributed by atoms with E-state index >= 15 is 8.78 Å². The predicted octanol–water partition coefficient (Wildman–Crippen LogP) is 10.6. The van der Waals surface area contributed by atoms with E-state index < -0.39 is 53.7 Å². The standard InChI is InChI=1S/C31H42F8O/c1-2-3-19-4-6-21(7-5-19)22-8-10-23(11-9-22)24-12-14-25(15-13-24)30(36,37)18-20-16-26(32)28(27(33)17-20)40-31(38,39)29(34)35/h16-17,19,21-25,29H,2-15,18H2,1H3. The number of hydrogen-bond donors (Lipinski definition) is 0. The number of ether oxygens (including phenoxy) is 1. The molecule has 3 saturated carbocycles. The highest BCUT2D eigenvalue weighted by Gasteiger charge is 2.46. The second kappa shape index (κ2) is 13.2. The topological polar surface area (TPSA) is 9.23 Å². The summed E-state index contributed by atoms with van der Waals surface area (Å²) in [5, 5.41) is 0. The van der Waals surface area contributed by atoms with Crippen molar-refractivity contribution in [2.24, 2.45) is 35.5 Å². The van der Waals surface area contributed by atoms with Gasteiger partial charge in [-0.05, 0) is 111 Å². The minimum atomic E-state index is -5.11. The lowest BCUT2D eigenvalue weighted by molar-refractivity contribution is -0.255. The van der Waals surface area contributed by atoms with Gasteiger partial charge in [-0.2, -0.15) is 17.6 Å². The van der Waals surface area contributed by atoms with E-state index in [9.17, 15) is 26.3 Å². The van der Waals surface area contributed by atoms with Crippen LogP contribution in [0.25, 0.3) is 0 Å². The monoisotopic (exact) mass is 582 g/mol. The first-order chi connectivity index (χ1) is 18.9. The van der Waals surface area contributed by atoms with Crippen LogP contribution in [0.2, 0.25) is 0 Å². The Balaban J connectivity index is 1.25. The molecule has 1 aromatic rings. The van der Waals surface area contributed by atoms with Gasteiger partial charge in [0.25, 0.3) is 5.92 Å². The maximum Gasteiger partial charge on any atom is 0.461 e. The van der Waals surface area contributed by atoms with Crippen molar-refractivity contribution >= 4 is 0 Å². The maximum atomic E-state index is 15.1. The fourth-order valence-corrected chi connectivity index (χ4v) is 7.87. The minimum Gasteiger partial charge on any atom is -0.422 e. The Morgan fingerprint density at radius 1 is 0.725 bits per heavy atom. The van der Waals surface area contributed by atoms with Gasteiger partial charge >= 0.3 is 12.5 Å². The van der Waals surface area contributed by atoms with Gasteiger partial charge in [0.2, 0.25) is 0 Å². The molecule has 3 aliphatic rings.